The third-order valence-electron chi connectivity index (χ3n) is 3.36. The standard InChI is InChI=1S/C17H23NO2/c1-7-12(2)11-20-16(19)13-8-9-15(18-6)14(10-13)17(3,4)5/h8-10,12H,7,11H2,1-5H3/t12-/m0/s1. The SMILES string of the molecule is [C-]#[N+]c1ccc(C(=O)OC[C@@H](C)CC)cc1C(C)(C)C. The van der Waals surface area contributed by atoms with E-state index >= 15 is 0 Å². The molecule has 0 aliphatic rings. The highest BCUT2D eigenvalue weighted by Crippen LogP contribution is 2.32. The second-order valence-electron chi connectivity index (χ2n) is 6.21. The highest BCUT2D eigenvalue weighted by Gasteiger charge is 2.20. The largest absolute Gasteiger partial charge is 0.462 e. The quantitative estimate of drug-likeness (QED) is 0.586. The van der Waals surface area contributed by atoms with Crippen molar-refractivity contribution in [2.75, 3.05) is 6.61 Å². The minimum atomic E-state index is -0.313. The summed E-state index contributed by atoms with van der Waals surface area (Å²) >= 11 is 0. The molecule has 108 valence electrons. The molecule has 1 aromatic rings. The van der Waals surface area contributed by atoms with Gasteiger partial charge >= 0.3 is 5.97 Å². The third-order valence-corrected chi connectivity index (χ3v) is 3.36. The third kappa shape index (κ3) is 4.09. The zero-order valence-corrected chi connectivity index (χ0v) is 13.0. The van der Waals surface area contributed by atoms with E-state index in [0.717, 1.165) is 12.0 Å². The molecule has 1 rings (SSSR count). The van der Waals surface area contributed by atoms with Crippen LogP contribution in [0.1, 0.15) is 57.0 Å². The van der Waals surface area contributed by atoms with E-state index in [9.17, 15) is 4.79 Å². The van der Waals surface area contributed by atoms with Crippen LogP contribution in [0.2, 0.25) is 0 Å². The first-order chi connectivity index (χ1) is 9.29. The van der Waals surface area contributed by atoms with E-state index < -0.39 is 0 Å². The maximum absolute atomic E-state index is 12.0. The molecule has 20 heavy (non-hydrogen) atoms. The second kappa shape index (κ2) is 6.56. The van der Waals surface area contributed by atoms with Crippen molar-refractivity contribution < 1.29 is 9.53 Å². The van der Waals surface area contributed by atoms with Crippen molar-refractivity contribution in [3.63, 3.8) is 0 Å². The van der Waals surface area contributed by atoms with Gasteiger partial charge in [0.2, 0.25) is 0 Å². The molecule has 0 saturated carbocycles. The van der Waals surface area contributed by atoms with E-state index in [4.69, 9.17) is 11.3 Å². The predicted molar refractivity (Wildman–Crippen MR) is 81.1 cm³/mol. The first kappa shape index (κ1) is 16.2. The molecule has 3 heteroatoms. The van der Waals surface area contributed by atoms with Crippen LogP contribution in [-0.2, 0) is 10.2 Å². The Labute approximate surface area is 121 Å². The molecule has 3 nitrogen and oxygen atoms in total. The van der Waals surface area contributed by atoms with Crippen LogP contribution in [-0.4, -0.2) is 12.6 Å². The average molecular weight is 273 g/mol. The number of carbonyl (C=O) groups excluding carboxylic acids is 1. The number of hydrogen-bond acceptors (Lipinski definition) is 2. The van der Waals surface area contributed by atoms with Gasteiger partial charge in [0, 0.05) is 0 Å². The fourth-order valence-electron chi connectivity index (χ4n) is 1.78. The Balaban J connectivity index is 2.98. The van der Waals surface area contributed by atoms with Crippen LogP contribution in [0.3, 0.4) is 0 Å². The van der Waals surface area contributed by atoms with E-state index in [1.54, 1.807) is 18.2 Å². The van der Waals surface area contributed by atoms with Crippen molar-refractivity contribution >= 4 is 11.7 Å². The Morgan fingerprint density at radius 1 is 1.40 bits per heavy atom. The van der Waals surface area contributed by atoms with Gasteiger partial charge in [-0.1, -0.05) is 59.2 Å². The van der Waals surface area contributed by atoms with Crippen molar-refractivity contribution in [1.82, 2.24) is 0 Å². The molecule has 0 N–H and O–H groups in total. The molecule has 0 aliphatic carbocycles. The molecule has 0 saturated heterocycles. The second-order valence-corrected chi connectivity index (χ2v) is 6.21. The molecular formula is C17H23NO2. The van der Waals surface area contributed by atoms with Crippen LogP contribution in [0.15, 0.2) is 18.2 Å². The molecule has 0 radical (unpaired) electrons. The number of rotatable bonds is 4. The van der Waals surface area contributed by atoms with E-state index in [0.29, 0.717) is 23.8 Å². The zero-order valence-electron chi connectivity index (χ0n) is 13.0. The Morgan fingerprint density at radius 2 is 2.05 bits per heavy atom. The lowest BCUT2D eigenvalue weighted by molar-refractivity contribution is 0.0447. The minimum absolute atomic E-state index is 0.174. The summed E-state index contributed by atoms with van der Waals surface area (Å²) in [5.74, 6) is 0.0517. The number of carbonyl (C=O) groups is 1. The maximum Gasteiger partial charge on any atom is 0.338 e. The highest BCUT2D eigenvalue weighted by atomic mass is 16.5. The molecule has 0 heterocycles. The van der Waals surface area contributed by atoms with Crippen molar-refractivity contribution in [3.05, 3.63) is 40.7 Å². The van der Waals surface area contributed by atoms with Gasteiger partial charge in [-0.25, -0.2) is 9.64 Å². The van der Waals surface area contributed by atoms with Crippen LogP contribution in [0.4, 0.5) is 5.69 Å². The summed E-state index contributed by atoms with van der Waals surface area (Å²) in [6.45, 7) is 17.9. The lowest BCUT2D eigenvalue weighted by atomic mass is 9.85. The van der Waals surface area contributed by atoms with Gasteiger partial charge in [-0.2, -0.15) is 0 Å². The molecule has 1 aromatic carbocycles. The zero-order chi connectivity index (χ0) is 15.3. The molecule has 1 atom stereocenters. The molecule has 0 unspecified atom stereocenters. The lowest BCUT2D eigenvalue weighted by Crippen LogP contribution is -2.15. The van der Waals surface area contributed by atoms with E-state index in [-0.39, 0.29) is 11.4 Å². The van der Waals surface area contributed by atoms with Crippen LogP contribution in [0.25, 0.3) is 4.85 Å². The smallest absolute Gasteiger partial charge is 0.338 e. The highest BCUT2D eigenvalue weighted by molar-refractivity contribution is 5.90. The average Bonchev–Trinajstić information content (AvgIpc) is 2.42. The number of ether oxygens (including phenoxy) is 1. The van der Waals surface area contributed by atoms with E-state index in [1.807, 2.05) is 20.8 Å². The molecule has 0 spiro atoms. The summed E-state index contributed by atoms with van der Waals surface area (Å²) in [7, 11) is 0. The van der Waals surface area contributed by atoms with Crippen LogP contribution < -0.4 is 0 Å². The van der Waals surface area contributed by atoms with E-state index in [1.165, 1.54) is 0 Å². The first-order valence-electron chi connectivity index (χ1n) is 6.98. The molecule has 0 fully saturated rings. The molecule has 0 aliphatic heterocycles. The molecule has 0 amide bonds. The summed E-state index contributed by atoms with van der Waals surface area (Å²) in [6, 6.07) is 5.15. The normalized spacial score (nSPS) is 12.6. The van der Waals surface area contributed by atoms with Gasteiger partial charge < -0.3 is 4.74 Å². The topological polar surface area (TPSA) is 30.7 Å². The van der Waals surface area contributed by atoms with Gasteiger partial charge in [0.05, 0.1) is 18.7 Å². The van der Waals surface area contributed by atoms with Gasteiger partial charge in [0.1, 0.15) is 0 Å². The summed E-state index contributed by atoms with van der Waals surface area (Å²) in [5.41, 5.74) is 1.82. The van der Waals surface area contributed by atoms with Gasteiger partial charge in [0.15, 0.2) is 5.69 Å². The van der Waals surface area contributed by atoms with Gasteiger partial charge in [-0.05, 0) is 16.9 Å². The fourth-order valence-corrected chi connectivity index (χ4v) is 1.78. The number of benzene rings is 1. The van der Waals surface area contributed by atoms with Crippen molar-refractivity contribution in [1.29, 1.82) is 0 Å². The van der Waals surface area contributed by atoms with Crippen molar-refractivity contribution in [2.45, 2.75) is 46.5 Å². The van der Waals surface area contributed by atoms with Crippen LogP contribution in [0.5, 0.6) is 0 Å². The van der Waals surface area contributed by atoms with Gasteiger partial charge in [0.25, 0.3) is 0 Å². The summed E-state index contributed by atoms with van der Waals surface area (Å²) in [5, 5.41) is 0. The fraction of sp³-hybridized carbons (Fsp3) is 0.529. The minimum Gasteiger partial charge on any atom is -0.462 e. The van der Waals surface area contributed by atoms with Crippen molar-refractivity contribution in [3.8, 4) is 0 Å². The number of nitrogens with zero attached hydrogens (tertiary/aromatic N) is 1. The molecular weight excluding hydrogens is 250 g/mol. The Bertz CT molecular complexity index is 521. The summed E-state index contributed by atoms with van der Waals surface area (Å²) in [4.78, 5) is 15.6. The molecule has 0 bridgehead atoms. The summed E-state index contributed by atoms with van der Waals surface area (Å²) in [6.07, 6.45) is 0.983. The van der Waals surface area contributed by atoms with Crippen LogP contribution in [0, 0.1) is 12.5 Å². The number of hydrogen-bond donors (Lipinski definition) is 0. The van der Waals surface area contributed by atoms with Gasteiger partial charge in [-0.3, -0.25) is 0 Å². The first-order valence-corrected chi connectivity index (χ1v) is 6.98. The van der Waals surface area contributed by atoms with Gasteiger partial charge in [-0.15, -0.1) is 0 Å². The lowest BCUT2D eigenvalue weighted by Gasteiger charge is -2.21. The monoisotopic (exact) mass is 273 g/mol. The summed E-state index contributed by atoms with van der Waals surface area (Å²) < 4.78 is 5.31. The van der Waals surface area contributed by atoms with E-state index in [2.05, 4.69) is 18.7 Å². The Morgan fingerprint density at radius 3 is 2.55 bits per heavy atom. The Hall–Kier alpha value is -1.82. The number of esters is 1. The Kier molecular flexibility index (Phi) is 5.33. The molecule has 0 aromatic heterocycles. The van der Waals surface area contributed by atoms with Crippen LogP contribution >= 0.6 is 0 Å². The van der Waals surface area contributed by atoms with Crippen molar-refractivity contribution in [2.24, 2.45) is 5.92 Å². The predicted octanol–water partition coefficient (Wildman–Crippen LogP) is 4.74. The maximum atomic E-state index is 12.0.